The van der Waals surface area contributed by atoms with E-state index in [9.17, 15) is 15.0 Å². The van der Waals surface area contributed by atoms with Gasteiger partial charge in [0.15, 0.2) is 5.76 Å². The van der Waals surface area contributed by atoms with Crippen LogP contribution in [-0.2, 0) is 4.79 Å². The van der Waals surface area contributed by atoms with Crippen LogP contribution in [-0.4, -0.2) is 26.4 Å². The average molecular weight is 376 g/mol. The van der Waals surface area contributed by atoms with Crippen molar-refractivity contribution in [3.05, 3.63) is 72.0 Å². The molecule has 27 heavy (non-hydrogen) atoms. The number of hydrogen-bond acceptors (Lipinski definition) is 4. The first-order valence-electron chi connectivity index (χ1n) is 9.42. The van der Waals surface area contributed by atoms with Crippen molar-refractivity contribution in [3.8, 4) is 0 Å². The highest BCUT2D eigenvalue weighted by molar-refractivity contribution is 5.84. The van der Waals surface area contributed by atoms with E-state index in [2.05, 4.69) is 13.0 Å². The van der Waals surface area contributed by atoms with Crippen LogP contribution < -0.4 is 0 Å². The second kappa shape index (κ2) is 16.8. The minimum Gasteiger partial charge on any atom is -0.504 e. The summed E-state index contributed by atoms with van der Waals surface area (Å²) in [5.41, 5.74) is 0. The first-order valence-corrected chi connectivity index (χ1v) is 9.42. The van der Waals surface area contributed by atoms with Crippen molar-refractivity contribution in [1.82, 2.24) is 0 Å². The zero-order valence-electron chi connectivity index (χ0n) is 16.1. The Morgan fingerprint density at radius 1 is 0.667 bits per heavy atom. The molecule has 0 heterocycles. The van der Waals surface area contributed by atoms with E-state index in [-0.39, 0.29) is 0 Å². The molecule has 0 aromatic carbocycles. The maximum atomic E-state index is 10.4. The molecule has 4 N–H and O–H groups in total. The molecule has 0 aliphatic carbocycles. The summed E-state index contributed by atoms with van der Waals surface area (Å²) >= 11 is 0. The Labute approximate surface area is 162 Å². The van der Waals surface area contributed by atoms with Crippen LogP contribution in [0.1, 0.15) is 58.3 Å². The molecule has 0 fully saturated rings. The van der Waals surface area contributed by atoms with Crippen molar-refractivity contribution >= 4 is 5.97 Å². The number of carboxylic acid groups (broad SMARTS) is 1. The lowest BCUT2D eigenvalue weighted by Gasteiger charge is -1.98. The van der Waals surface area contributed by atoms with E-state index in [1.807, 2.05) is 18.2 Å². The fourth-order valence-corrected chi connectivity index (χ4v) is 2.16. The molecular weight excluding hydrogens is 344 g/mol. The summed E-state index contributed by atoms with van der Waals surface area (Å²) in [5.74, 6) is -4.84. The molecule has 0 aliphatic heterocycles. The van der Waals surface area contributed by atoms with E-state index in [0.29, 0.717) is 0 Å². The van der Waals surface area contributed by atoms with Crippen LogP contribution in [0.25, 0.3) is 0 Å². The maximum absolute atomic E-state index is 10.4. The van der Waals surface area contributed by atoms with E-state index in [4.69, 9.17) is 10.2 Å². The number of carboxylic acids is 1. The number of aliphatic hydroxyl groups excluding tert-OH is 3. The van der Waals surface area contributed by atoms with E-state index < -0.39 is 23.2 Å². The SMILES string of the molecule is CCCCCCCCC/C=C/C=C/C=C/C=C/C=C(O)/C(O)=C(\O)C(=O)O. The Balaban J connectivity index is 3.98. The molecule has 0 rings (SSSR count). The van der Waals surface area contributed by atoms with Gasteiger partial charge in [-0.25, -0.2) is 4.79 Å². The van der Waals surface area contributed by atoms with Gasteiger partial charge in [0.05, 0.1) is 0 Å². The Morgan fingerprint density at radius 2 is 1.19 bits per heavy atom. The van der Waals surface area contributed by atoms with Crippen molar-refractivity contribution in [3.63, 3.8) is 0 Å². The van der Waals surface area contributed by atoms with Crippen LogP contribution >= 0.6 is 0 Å². The van der Waals surface area contributed by atoms with Gasteiger partial charge >= 0.3 is 5.97 Å². The zero-order chi connectivity index (χ0) is 20.3. The molecule has 0 aromatic heterocycles. The second-order valence-corrected chi connectivity index (χ2v) is 6.05. The number of carbonyl (C=O) groups is 1. The molecule has 0 saturated heterocycles. The minimum atomic E-state index is -1.72. The van der Waals surface area contributed by atoms with Gasteiger partial charge in [0.2, 0.25) is 11.5 Å². The van der Waals surface area contributed by atoms with Crippen molar-refractivity contribution in [2.75, 3.05) is 0 Å². The standard InChI is InChI=1S/C22H32O5/c1-2-3-4-5-6-7-8-9-10-11-12-13-14-15-16-17-18-19(23)20(24)21(25)22(26)27/h10-18,23-25H,2-9H2,1H3,(H,26,27)/b11-10+,13-12+,15-14+,17-16+,19-18-,21-20+. The molecule has 150 valence electrons. The lowest BCUT2D eigenvalue weighted by atomic mass is 10.1. The van der Waals surface area contributed by atoms with E-state index >= 15 is 0 Å². The Kier molecular flexibility index (Phi) is 15.1. The maximum Gasteiger partial charge on any atom is 0.375 e. The van der Waals surface area contributed by atoms with Crippen LogP contribution in [0.15, 0.2) is 72.0 Å². The molecule has 0 atom stereocenters. The van der Waals surface area contributed by atoms with Gasteiger partial charge in [-0.3, -0.25) is 0 Å². The molecular formula is C22H32O5. The van der Waals surface area contributed by atoms with Crippen molar-refractivity contribution in [2.24, 2.45) is 0 Å². The molecule has 0 radical (unpaired) electrons. The molecule has 0 saturated carbocycles. The molecule has 0 aromatic rings. The fraction of sp³-hybridized carbons (Fsp3) is 0.409. The lowest BCUT2D eigenvalue weighted by molar-refractivity contribution is -0.135. The average Bonchev–Trinajstić information content (AvgIpc) is 2.66. The topological polar surface area (TPSA) is 98.0 Å². The number of unbranched alkanes of at least 4 members (excludes halogenated alkanes) is 7. The third-order valence-electron chi connectivity index (χ3n) is 3.70. The summed E-state index contributed by atoms with van der Waals surface area (Å²) in [6, 6.07) is 0. The number of aliphatic hydroxyl groups is 3. The summed E-state index contributed by atoms with van der Waals surface area (Å²) in [6.07, 6.45) is 25.8. The third kappa shape index (κ3) is 14.2. The number of allylic oxidation sites excluding steroid dienone is 9. The van der Waals surface area contributed by atoms with Gasteiger partial charge in [-0.2, -0.15) is 0 Å². The van der Waals surface area contributed by atoms with E-state index in [1.54, 1.807) is 18.2 Å². The van der Waals surface area contributed by atoms with Gasteiger partial charge in [0.25, 0.3) is 0 Å². The Hall–Kier alpha value is -2.69. The van der Waals surface area contributed by atoms with Crippen LogP contribution in [0.4, 0.5) is 0 Å². The predicted molar refractivity (Wildman–Crippen MR) is 110 cm³/mol. The van der Waals surface area contributed by atoms with Crippen molar-refractivity contribution in [2.45, 2.75) is 58.3 Å². The summed E-state index contributed by atoms with van der Waals surface area (Å²) in [4.78, 5) is 10.4. The highest BCUT2D eigenvalue weighted by Gasteiger charge is 2.14. The number of rotatable bonds is 14. The highest BCUT2D eigenvalue weighted by Crippen LogP contribution is 2.09. The van der Waals surface area contributed by atoms with E-state index in [1.165, 1.54) is 51.0 Å². The summed E-state index contributed by atoms with van der Waals surface area (Å²) < 4.78 is 0. The number of aliphatic carboxylic acids is 1. The first kappa shape index (κ1) is 24.3. The normalized spacial score (nSPS) is 14.0. The van der Waals surface area contributed by atoms with Gasteiger partial charge in [-0.05, 0) is 18.9 Å². The fourth-order valence-electron chi connectivity index (χ4n) is 2.16. The predicted octanol–water partition coefficient (Wildman–Crippen LogP) is 6.21. The van der Waals surface area contributed by atoms with Gasteiger partial charge < -0.3 is 20.4 Å². The van der Waals surface area contributed by atoms with Gasteiger partial charge in [0, 0.05) is 0 Å². The monoisotopic (exact) mass is 376 g/mol. The molecule has 0 spiro atoms. The Morgan fingerprint density at radius 3 is 1.78 bits per heavy atom. The molecule has 0 bridgehead atoms. The van der Waals surface area contributed by atoms with E-state index in [0.717, 1.165) is 12.5 Å². The van der Waals surface area contributed by atoms with Crippen molar-refractivity contribution in [1.29, 1.82) is 0 Å². The lowest BCUT2D eigenvalue weighted by Crippen LogP contribution is -2.05. The van der Waals surface area contributed by atoms with Crippen LogP contribution in [0.3, 0.4) is 0 Å². The smallest absolute Gasteiger partial charge is 0.375 e. The minimum absolute atomic E-state index is 0.733. The van der Waals surface area contributed by atoms with Crippen molar-refractivity contribution < 1.29 is 25.2 Å². The quantitative estimate of drug-likeness (QED) is 0.125. The van der Waals surface area contributed by atoms with Gasteiger partial charge in [-0.1, -0.05) is 94.1 Å². The molecule has 0 unspecified atom stereocenters. The van der Waals surface area contributed by atoms with Gasteiger partial charge in [-0.15, -0.1) is 0 Å². The molecule has 5 heteroatoms. The number of hydrogen-bond donors (Lipinski definition) is 4. The van der Waals surface area contributed by atoms with Crippen LogP contribution in [0, 0.1) is 0 Å². The largest absolute Gasteiger partial charge is 0.504 e. The molecule has 0 amide bonds. The van der Waals surface area contributed by atoms with Gasteiger partial charge in [0.1, 0.15) is 0 Å². The zero-order valence-corrected chi connectivity index (χ0v) is 16.1. The van der Waals surface area contributed by atoms with Crippen LogP contribution in [0.2, 0.25) is 0 Å². The second-order valence-electron chi connectivity index (χ2n) is 6.05. The summed E-state index contributed by atoms with van der Waals surface area (Å²) in [7, 11) is 0. The molecule has 0 aliphatic rings. The summed E-state index contributed by atoms with van der Waals surface area (Å²) in [6.45, 7) is 2.23. The Bertz CT molecular complexity index is 592. The summed E-state index contributed by atoms with van der Waals surface area (Å²) in [5, 5.41) is 36.1. The van der Waals surface area contributed by atoms with Crippen LogP contribution in [0.5, 0.6) is 0 Å². The molecule has 5 nitrogen and oxygen atoms in total. The first-order chi connectivity index (χ1) is 13.0. The highest BCUT2D eigenvalue weighted by atomic mass is 16.4. The third-order valence-corrected chi connectivity index (χ3v) is 3.70.